The van der Waals surface area contributed by atoms with Gasteiger partial charge in [-0.1, -0.05) is 56.9 Å². The SMILES string of the molecule is C=CC(O)OCCCCCCOc1ccc(OC(=O)C2CCC(COc3ccc(OCC4CCC(C(=O)OC5C=CC(CCCCCCCOC(=O)CC)=CC5)CC4)c(C)c3)CC2)cc1. The van der Waals surface area contributed by atoms with E-state index in [4.69, 9.17) is 33.2 Å². The van der Waals surface area contributed by atoms with Crippen LogP contribution in [-0.4, -0.2) is 68.4 Å². The number of benzene rings is 2. The number of rotatable bonds is 29. The highest BCUT2D eigenvalue weighted by Crippen LogP contribution is 2.34. The predicted octanol–water partition coefficient (Wildman–Crippen LogP) is 11.5. The molecule has 1 N–H and O–H groups in total. The van der Waals surface area contributed by atoms with Gasteiger partial charge in [-0.3, -0.25) is 14.4 Å². The summed E-state index contributed by atoms with van der Waals surface area (Å²) in [5, 5.41) is 9.32. The van der Waals surface area contributed by atoms with Gasteiger partial charge in [0.25, 0.3) is 0 Å². The maximum Gasteiger partial charge on any atom is 0.314 e. The molecular weight excluding hydrogens is 825 g/mol. The lowest BCUT2D eigenvalue weighted by molar-refractivity contribution is -0.153. The first-order chi connectivity index (χ1) is 31.7. The van der Waals surface area contributed by atoms with Crippen LogP contribution in [0, 0.1) is 30.6 Å². The molecular formula is C54H76O11. The van der Waals surface area contributed by atoms with Crippen molar-refractivity contribution in [3.63, 3.8) is 0 Å². The maximum atomic E-state index is 13.0. The fourth-order valence-electron chi connectivity index (χ4n) is 8.66. The molecule has 11 nitrogen and oxygen atoms in total. The molecule has 0 radical (unpaired) electrons. The zero-order valence-corrected chi connectivity index (χ0v) is 39.2. The van der Waals surface area contributed by atoms with Crippen LogP contribution in [0.3, 0.4) is 0 Å². The summed E-state index contributed by atoms with van der Waals surface area (Å²) in [7, 11) is 0. The predicted molar refractivity (Wildman–Crippen MR) is 252 cm³/mol. The van der Waals surface area contributed by atoms with Gasteiger partial charge in [0, 0.05) is 12.8 Å². The number of aryl methyl sites for hydroxylation is 1. The number of aliphatic hydroxyl groups is 1. The fraction of sp³-hybridized carbons (Fsp3) is 0.611. The number of carbonyl (C=O) groups is 3. The molecule has 0 aromatic heterocycles. The molecule has 65 heavy (non-hydrogen) atoms. The van der Waals surface area contributed by atoms with E-state index < -0.39 is 6.29 Å². The standard InChI is InChI=1S/C54H76O11/c1-4-51(55)60-35-13-8-6-7-11-15-41-20-26-47(27-21-41)64-53(57)45-24-18-43(19-25-45)39-63-50-33-32-49(37-40(50)3)62-38-42-16-22-44(23-17-42)54(58)65-48-30-28-46(29-31-48)59-34-12-9-10-14-36-61-52(56)5-2/h5,20-21,26,28-33,37,42-45,47,52,56H,2,4,6-19,22-25,27,34-36,38-39H2,1,3H3. The molecule has 2 aromatic rings. The summed E-state index contributed by atoms with van der Waals surface area (Å²) in [5.74, 6) is 3.22. The van der Waals surface area contributed by atoms with Crippen molar-refractivity contribution in [1.29, 1.82) is 0 Å². The van der Waals surface area contributed by atoms with Crippen LogP contribution in [0.1, 0.15) is 141 Å². The second-order valence-electron chi connectivity index (χ2n) is 18.1. The zero-order chi connectivity index (χ0) is 46.1. The third kappa shape index (κ3) is 19.4. The van der Waals surface area contributed by atoms with Crippen LogP contribution < -0.4 is 18.9 Å². The maximum absolute atomic E-state index is 13.0. The van der Waals surface area contributed by atoms with Crippen molar-refractivity contribution >= 4 is 17.9 Å². The van der Waals surface area contributed by atoms with E-state index in [1.807, 2.05) is 50.3 Å². The van der Waals surface area contributed by atoms with Gasteiger partial charge < -0.3 is 38.3 Å². The second kappa shape index (κ2) is 29.1. The number of hydrogen-bond acceptors (Lipinski definition) is 11. The molecule has 0 aliphatic heterocycles. The minimum absolute atomic E-state index is 0.0493. The molecule has 0 bridgehead atoms. The van der Waals surface area contributed by atoms with Crippen LogP contribution in [0.15, 0.2) is 78.9 Å². The van der Waals surface area contributed by atoms with Gasteiger partial charge in [-0.25, -0.2) is 0 Å². The Kier molecular flexibility index (Phi) is 23.0. The van der Waals surface area contributed by atoms with E-state index in [-0.39, 0.29) is 35.8 Å². The topological polar surface area (TPSA) is 136 Å². The van der Waals surface area contributed by atoms with E-state index in [9.17, 15) is 19.5 Å². The third-order valence-electron chi connectivity index (χ3n) is 12.9. The Labute approximate surface area is 388 Å². The van der Waals surface area contributed by atoms with E-state index in [0.717, 1.165) is 145 Å². The van der Waals surface area contributed by atoms with E-state index in [1.54, 1.807) is 12.1 Å². The minimum Gasteiger partial charge on any atom is -0.494 e. The number of allylic oxidation sites excluding steroid dienone is 2. The molecule has 0 heterocycles. The molecule has 3 aliphatic carbocycles. The van der Waals surface area contributed by atoms with Gasteiger partial charge in [0.15, 0.2) is 6.29 Å². The van der Waals surface area contributed by atoms with E-state index in [2.05, 4.69) is 18.7 Å². The van der Waals surface area contributed by atoms with Gasteiger partial charge in [-0.15, -0.1) is 0 Å². The monoisotopic (exact) mass is 901 g/mol. The molecule has 2 atom stereocenters. The molecule has 358 valence electrons. The second-order valence-corrected chi connectivity index (χ2v) is 18.1. The average molecular weight is 901 g/mol. The number of esters is 3. The summed E-state index contributed by atoms with van der Waals surface area (Å²) in [4.78, 5) is 37.2. The Bertz CT molecular complexity index is 1790. The molecule has 2 saturated carbocycles. The van der Waals surface area contributed by atoms with Crippen molar-refractivity contribution < 1.29 is 52.6 Å². The quantitative estimate of drug-likeness (QED) is 0.0275. The third-order valence-corrected chi connectivity index (χ3v) is 12.9. The number of carbonyl (C=O) groups excluding carboxylic acids is 3. The zero-order valence-electron chi connectivity index (χ0n) is 39.2. The summed E-state index contributed by atoms with van der Waals surface area (Å²) in [6.45, 7) is 10.2. The molecule has 2 fully saturated rings. The normalized spacial score (nSPS) is 21.1. The summed E-state index contributed by atoms with van der Waals surface area (Å²) >= 11 is 0. The lowest BCUT2D eigenvalue weighted by atomic mass is 9.82. The molecule has 3 aliphatic rings. The minimum atomic E-state index is -0.893. The molecule has 11 heteroatoms. The van der Waals surface area contributed by atoms with Crippen molar-refractivity contribution in [2.45, 2.75) is 155 Å². The fourth-order valence-corrected chi connectivity index (χ4v) is 8.66. The van der Waals surface area contributed by atoms with E-state index in [0.29, 0.717) is 57.0 Å². The van der Waals surface area contributed by atoms with Crippen molar-refractivity contribution in [3.05, 3.63) is 84.5 Å². The first kappa shape index (κ1) is 51.4. The number of unbranched alkanes of at least 4 members (excludes halogenated alkanes) is 7. The highest BCUT2D eigenvalue weighted by molar-refractivity contribution is 5.75. The largest absolute Gasteiger partial charge is 0.494 e. The van der Waals surface area contributed by atoms with Gasteiger partial charge in [-0.05, 0) is 169 Å². The van der Waals surface area contributed by atoms with Crippen molar-refractivity contribution in [2.24, 2.45) is 23.7 Å². The molecule has 2 aromatic carbocycles. The Morgan fingerprint density at radius 3 is 1.95 bits per heavy atom. The van der Waals surface area contributed by atoms with E-state index >= 15 is 0 Å². The van der Waals surface area contributed by atoms with Crippen LogP contribution >= 0.6 is 0 Å². The summed E-state index contributed by atoms with van der Waals surface area (Å²) in [6.07, 6.45) is 25.1. The summed E-state index contributed by atoms with van der Waals surface area (Å²) in [5.41, 5.74) is 2.35. The Balaban J connectivity index is 0.879. The summed E-state index contributed by atoms with van der Waals surface area (Å²) in [6, 6.07) is 13.2. The highest BCUT2D eigenvalue weighted by atomic mass is 16.6. The first-order valence-electron chi connectivity index (χ1n) is 24.6. The molecule has 2 unspecified atom stereocenters. The molecule has 0 saturated heterocycles. The average Bonchev–Trinajstić information content (AvgIpc) is 3.33. The van der Waals surface area contributed by atoms with Gasteiger partial charge in [0.05, 0.1) is 44.9 Å². The Hall–Kier alpha value is -4.61. The van der Waals surface area contributed by atoms with Gasteiger partial charge >= 0.3 is 17.9 Å². The number of ether oxygens (including phenoxy) is 7. The van der Waals surface area contributed by atoms with Crippen LogP contribution in [0.5, 0.6) is 23.0 Å². The lowest BCUT2D eigenvalue weighted by Crippen LogP contribution is -2.29. The number of aliphatic hydroxyl groups excluding tert-OH is 1. The van der Waals surface area contributed by atoms with Crippen molar-refractivity contribution in [3.8, 4) is 23.0 Å². The Morgan fingerprint density at radius 2 is 1.31 bits per heavy atom. The van der Waals surface area contributed by atoms with Crippen molar-refractivity contribution in [1.82, 2.24) is 0 Å². The van der Waals surface area contributed by atoms with Crippen molar-refractivity contribution in [2.75, 3.05) is 33.0 Å². The van der Waals surface area contributed by atoms with Crippen LogP contribution in [0.2, 0.25) is 0 Å². The van der Waals surface area contributed by atoms with Crippen LogP contribution in [-0.2, 0) is 28.6 Å². The Morgan fingerprint density at radius 1 is 0.708 bits per heavy atom. The first-order valence-corrected chi connectivity index (χ1v) is 24.6. The van der Waals surface area contributed by atoms with Crippen LogP contribution in [0.4, 0.5) is 0 Å². The number of hydrogen-bond donors (Lipinski definition) is 1. The van der Waals surface area contributed by atoms with Gasteiger partial charge in [0.1, 0.15) is 29.1 Å². The van der Waals surface area contributed by atoms with E-state index in [1.165, 1.54) is 11.6 Å². The van der Waals surface area contributed by atoms with Crippen LogP contribution in [0.25, 0.3) is 0 Å². The molecule has 0 spiro atoms. The molecule has 0 amide bonds. The smallest absolute Gasteiger partial charge is 0.314 e. The lowest BCUT2D eigenvalue weighted by Gasteiger charge is -2.28. The van der Waals surface area contributed by atoms with Gasteiger partial charge in [-0.2, -0.15) is 0 Å². The molecule has 5 rings (SSSR count). The summed E-state index contributed by atoms with van der Waals surface area (Å²) < 4.78 is 40.3. The highest BCUT2D eigenvalue weighted by Gasteiger charge is 2.30. The van der Waals surface area contributed by atoms with Gasteiger partial charge in [0.2, 0.25) is 0 Å².